The molecule has 26 heavy (non-hydrogen) atoms. The van der Waals surface area contributed by atoms with Crippen LogP contribution in [0.2, 0.25) is 0 Å². The Kier molecular flexibility index (Phi) is 9.85. The van der Waals surface area contributed by atoms with Gasteiger partial charge in [0.15, 0.2) is 5.96 Å². The third kappa shape index (κ3) is 7.06. The maximum atomic E-state index is 13.3. The van der Waals surface area contributed by atoms with Crippen molar-refractivity contribution in [3.05, 3.63) is 45.7 Å². The number of hydrogen-bond donors (Lipinski definition) is 2. The molecule has 0 amide bonds. The van der Waals surface area contributed by atoms with Gasteiger partial charge in [-0.05, 0) is 32.4 Å². The van der Waals surface area contributed by atoms with E-state index in [1.54, 1.807) is 30.5 Å². The van der Waals surface area contributed by atoms with E-state index in [1.807, 2.05) is 20.8 Å². The van der Waals surface area contributed by atoms with E-state index >= 15 is 0 Å². The van der Waals surface area contributed by atoms with Crippen molar-refractivity contribution in [1.82, 2.24) is 15.6 Å². The largest absolute Gasteiger partial charge is 0.489 e. The Balaban J connectivity index is 0.00000338. The topological polar surface area (TPSA) is 58.5 Å². The highest BCUT2D eigenvalue weighted by molar-refractivity contribution is 14.0. The monoisotopic (exact) mass is 492 g/mol. The molecule has 5 nitrogen and oxygen atoms in total. The first kappa shape index (κ1) is 22.6. The number of nitrogens with one attached hydrogen (secondary N) is 2. The van der Waals surface area contributed by atoms with Crippen molar-refractivity contribution < 1.29 is 9.13 Å². The molecule has 1 heterocycles. The van der Waals surface area contributed by atoms with E-state index in [2.05, 4.69) is 20.6 Å². The smallest absolute Gasteiger partial charge is 0.191 e. The van der Waals surface area contributed by atoms with Gasteiger partial charge in [0.25, 0.3) is 0 Å². The number of thiazole rings is 1. The predicted molar refractivity (Wildman–Crippen MR) is 116 cm³/mol. The maximum absolute atomic E-state index is 13.3. The number of benzene rings is 1. The highest BCUT2D eigenvalue weighted by Gasteiger charge is 2.11. The van der Waals surface area contributed by atoms with Crippen LogP contribution in [-0.4, -0.2) is 30.6 Å². The second-order valence-electron chi connectivity index (χ2n) is 5.65. The van der Waals surface area contributed by atoms with Crippen molar-refractivity contribution >= 4 is 41.3 Å². The summed E-state index contributed by atoms with van der Waals surface area (Å²) in [6.07, 6.45) is 0.723. The number of nitrogens with zero attached hydrogens (tertiary/aromatic N) is 2. The number of rotatable bonds is 7. The number of ether oxygens (including phenoxy) is 1. The van der Waals surface area contributed by atoms with E-state index in [9.17, 15) is 4.39 Å². The molecule has 0 aliphatic heterocycles. The molecule has 0 aliphatic carbocycles. The van der Waals surface area contributed by atoms with E-state index in [4.69, 9.17) is 4.74 Å². The number of halogens is 2. The molecular formula is C18H26FIN4OS. The van der Waals surface area contributed by atoms with Gasteiger partial charge in [0, 0.05) is 18.0 Å². The summed E-state index contributed by atoms with van der Waals surface area (Å²) in [5.41, 5.74) is 1.05. The molecule has 1 atom stereocenters. The second-order valence-corrected chi connectivity index (χ2v) is 6.94. The summed E-state index contributed by atoms with van der Waals surface area (Å²) >= 11 is 1.68. The number of hydrogen-bond acceptors (Lipinski definition) is 4. The van der Waals surface area contributed by atoms with Gasteiger partial charge in [-0.25, -0.2) is 9.37 Å². The fourth-order valence-corrected chi connectivity index (χ4v) is 3.21. The van der Waals surface area contributed by atoms with Gasteiger partial charge in [-0.1, -0.05) is 13.0 Å². The van der Waals surface area contributed by atoms with E-state index in [0.29, 0.717) is 24.8 Å². The van der Waals surface area contributed by atoms with Crippen molar-refractivity contribution in [3.8, 4) is 5.75 Å². The SMILES string of the molecule is CCC(CNC(=NC)NCc1sc(C)nc1C)Oc1cccc(F)c1.I. The van der Waals surface area contributed by atoms with Gasteiger partial charge in [-0.15, -0.1) is 35.3 Å². The molecule has 0 radical (unpaired) electrons. The molecule has 0 spiro atoms. The first-order valence-corrected chi connectivity index (χ1v) is 9.13. The highest BCUT2D eigenvalue weighted by atomic mass is 127. The van der Waals surface area contributed by atoms with Crippen molar-refractivity contribution in [1.29, 1.82) is 0 Å². The number of aryl methyl sites for hydroxylation is 2. The van der Waals surface area contributed by atoms with Gasteiger partial charge >= 0.3 is 0 Å². The normalized spacial score (nSPS) is 12.3. The van der Waals surface area contributed by atoms with Crippen molar-refractivity contribution in [2.45, 2.75) is 39.8 Å². The van der Waals surface area contributed by atoms with Crippen molar-refractivity contribution in [2.75, 3.05) is 13.6 Å². The third-order valence-corrected chi connectivity index (χ3v) is 4.76. The Hall–Kier alpha value is -1.42. The van der Waals surface area contributed by atoms with Crippen LogP contribution in [0.1, 0.15) is 28.9 Å². The Morgan fingerprint density at radius 3 is 2.69 bits per heavy atom. The molecule has 1 aromatic carbocycles. The molecule has 0 aliphatic rings. The lowest BCUT2D eigenvalue weighted by molar-refractivity contribution is 0.199. The van der Waals surface area contributed by atoms with Crippen molar-refractivity contribution in [2.24, 2.45) is 4.99 Å². The lowest BCUT2D eigenvalue weighted by atomic mass is 10.2. The van der Waals surface area contributed by atoms with Gasteiger partial charge in [0.1, 0.15) is 17.7 Å². The average molecular weight is 492 g/mol. The lowest BCUT2D eigenvalue weighted by Gasteiger charge is -2.20. The zero-order valence-electron chi connectivity index (χ0n) is 15.5. The summed E-state index contributed by atoms with van der Waals surface area (Å²) in [7, 11) is 1.73. The summed E-state index contributed by atoms with van der Waals surface area (Å²) < 4.78 is 19.1. The highest BCUT2D eigenvalue weighted by Crippen LogP contribution is 2.16. The minimum atomic E-state index is -0.298. The van der Waals surface area contributed by atoms with Crippen LogP contribution in [0.5, 0.6) is 5.75 Å². The van der Waals surface area contributed by atoms with Crippen LogP contribution in [0, 0.1) is 19.7 Å². The molecule has 2 aromatic rings. The minimum absolute atomic E-state index is 0. The van der Waals surface area contributed by atoms with Crippen LogP contribution >= 0.6 is 35.3 Å². The Bertz CT molecular complexity index is 723. The molecule has 0 fully saturated rings. The fraction of sp³-hybridized carbons (Fsp3) is 0.444. The Morgan fingerprint density at radius 2 is 2.12 bits per heavy atom. The molecule has 2 rings (SSSR count). The second kappa shape index (κ2) is 11.3. The molecule has 1 unspecified atom stereocenters. The summed E-state index contributed by atoms with van der Waals surface area (Å²) in [6, 6.07) is 6.20. The molecule has 0 saturated carbocycles. The predicted octanol–water partition coefficient (Wildman–Crippen LogP) is 4.04. The number of aliphatic imine (C=N–C) groups is 1. The zero-order valence-corrected chi connectivity index (χ0v) is 18.7. The summed E-state index contributed by atoms with van der Waals surface area (Å²) in [6.45, 7) is 7.30. The summed E-state index contributed by atoms with van der Waals surface area (Å²) in [4.78, 5) is 9.85. The van der Waals surface area contributed by atoms with E-state index in [0.717, 1.165) is 17.1 Å². The summed E-state index contributed by atoms with van der Waals surface area (Å²) in [5.74, 6) is 0.937. The standard InChI is InChI=1S/C18H25FN4OS.HI/c1-5-15(24-16-8-6-7-14(19)9-16)10-21-18(20-4)22-11-17-12(2)23-13(3)25-17;/h6-9,15H,5,10-11H2,1-4H3,(H2,20,21,22);1H. The quantitative estimate of drug-likeness (QED) is 0.348. The van der Waals surface area contributed by atoms with Crippen molar-refractivity contribution in [3.63, 3.8) is 0 Å². The first-order chi connectivity index (χ1) is 12.0. The zero-order chi connectivity index (χ0) is 18.2. The third-order valence-electron chi connectivity index (χ3n) is 3.69. The van der Waals surface area contributed by atoms with E-state index in [1.165, 1.54) is 17.0 Å². The van der Waals surface area contributed by atoms with Gasteiger partial charge in [-0.3, -0.25) is 4.99 Å². The van der Waals surface area contributed by atoms with E-state index in [-0.39, 0.29) is 35.9 Å². The fourth-order valence-electron chi connectivity index (χ4n) is 2.33. The molecular weight excluding hydrogens is 466 g/mol. The Labute approximate surface area is 175 Å². The molecule has 0 saturated heterocycles. The molecule has 8 heteroatoms. The van der Waals surface area contributed by atoms with Crippen LogP contribution in [0.4, 0.5) is 4.39 Å². The summed E-state index contributed by atoms with van der Waals surface area (Å²) in [5, 5.41) is 7.60. The van der Waals surface area contributed by atoms with Crippen LogP contribution in [0.25, 0.3) is 0 Å². The van der Waals surface area contributed by atoms with Gasteiger partial charge in [0.2, 0.25) is 0 Å². The molecule has 0 bridgehead atoms. The minimum Gasteiger partial charge on any atom is -0.489 e. The number of aromatic nitrogens is 1. The van der Waals surface area contributed by atoms with Gasteiger partial charge in [0.05, 0.1) is 23.8 Å². The molecule has 144 valence electrons. The average Bonchev–Trinajstić information content (AvgIpc) is 2.91. The Morgan fingerprint density at radius 1 is 1.35 bits per heavy atom. The van der Waals surface area contributed by atoms with Gasteiger partial charge in [-0.2, -0.15) is 0 Å². The van der Waals surface area contributed by atoms with Crippen LogP contribution < -0.4 is 15.4 Å². The lowest BCUT2D eigenvalue weighted by Crippen LogP contribution is -2.42. The molecule has 2 N–H and O–H groups in total. The molecule has 1 aromatic heterocycles. The van der Waals surface area contributed by atoms with Crippen LogP contribution in [0.3, 0.4) is 0 Å². The van der Waals surface area contributed by atoms with Crippen LogP contribution in [-0.2, 0) is 6.54 Å². The maximum Gasteiger partial charge on any atom is 0.191 e. The van der Waals surface area contributed by atoms with Gasteiger partial charge < -0.3 is 15.4 Å². The van der Waals surface area contributed by atoms with Crippen LogP contribution in [0.15, 0.2) is 29.3 Å². The first-order valence-electron chi connectivity index (χ1n) is 8.31. The number of guanidine groups is 1. The van der Waals surface area contributed by atoms with E-state index < -0.39 is 0 Å².